The summed E-state index contributed by atoms with van der Waals surface area (Å²) in [6.07, 6.45) is 1.61. The molecule has 0 fully saturated rings. The average Bonchev–Trinajstić information content (AvgIpc) is 2.96. The summed E-state index contributed by atoms with van der Waals surface area (Å²) in [5, 5.41) is 1.03. The van der Waals surface area contributed by atoms with Crippen molar-refractivity contribution in [1.82, 2.24) is 4.98 Å². The number of furan rings is 1. The maximum Gasteiger partial charge on any atom is 0.358 e. The topological polar surface area (TPSA) is 78.3 Å². The molecule has 0 amide bonds. The van der Waals surface area contributed by atoms with Gasteiger partial charge in [-0.05, 0) is 30.3 Å². The number of nitrogen functional groups attached to an aromatic ring is 1. The number of hydrogen-bond acceptors (Lipinski definition) is 5. The highest BCUT2D eigenvalue weighted by Crippen LogP contribution is 2.30. The molecule has 6 heteroatoms. The first-order chi connectivity index (χ1) is 10.1. The maximum absolute atomic E-state index is 11.7. The van der Waals surface area contributed by atoms with E-state index >= 15 is 0 Å². The lowest BCUT2D eigenvalue weighted by atomic mass is 10.1. The lowest BCUT2D eigenvalue weighted by Gasteiger charge is -2.08. The normalized spacial score (nSPS) is 10.8. The first-order valence-electron chi connectivity index (χ1n) is 6.12. The second-order valence-corrected chi connectivity index (χ2v) is 4.80. The molecule has 2 heterocycles. The van der Waals surface area contributed by atoms with Crippen LogP contribution in [0.3, 0.4) is 0 Å². The van der Waals surface area contributed by atoms with E-state index in [2.05, 4.69) is 9.72 Å². The smallest absolute Gasteiger partial charge is 0.358 e. The second kappa shape index (κ2) is 5.10. The van der Waals surface area contributed by atoms with E-state index in [0.717, 1.165) is 16.5 Å². The zero-order valence-electron chi connectivity index (χ0n) is 11.1. The molecular weight excluding hydrogens is 292 g/mol. The molecule has 0 bridgehead atoms. The van der Waals surface area contributed by atoms with Crippen molar-refractivity contribution in [3.63, 3.8) is 0 Å². The number of nitrogens with two attached hydrogens (primary N) is 1. The van der Waals surface area contributed by atoms with E-state index in [1.165, 1.54) is 7.11 Å². The number of halogens is 1. The van der Waals surface area contributed by atoms with Crippen LogP contribution in [0.5, 0.6) is 0 Å². The number of carbonyl (C=O) groups is 1. The molecule has 0 radical (unpaired) electrons. The molecule has 0 spiro atoms. The molecule has 5 nitrogen and oxygen atoms in total. The number of carbonyl (C=O) groups excluding carboxylic acids is 1. The van der Waals surface area contributed by atoms with Crippen LogP contribution in [0.25, 0.3) is 22.2 Å². The molecule has 2 aromatic heterocycles. The molecule has 0 aliphatic carbocycles. The van der Waals surface area contributed by atoms with Crippen molar-refractivity contribution < 1.29 is 13.9 Å². The summed E-state index contributed by atoms with van der Waals surface area (Å²) in [5.74, 6) is -0.627. The number of hydrogen-bond donors (Lipinski definition) is 1. The fraction of sp³-hybridized carbons (Fsp3) is 0.0667. The summed E-state index contributed by atoms with van der Waals surface area (Å²) in [7, 11) is 1.26. The van der Waals surface area contributed by atoms with Crippen molar-refractivity contribution in [2.24, 2.45) is 0 Å². The van der Waals surface area contributed by atoms with Gasteiger partial charge in [0.1, 0.15) is 5.58 Å². The molecule has 0 saturated carbocycles. The van der Waals surface area contributed by atoms with Crippen LogP contribution < -0.4 is 5.73 Å². The first kappa shape index (κ1) is 13.5. The van der Waals surface area contributed by atoms with Gasteiger partial charge in [-0.3, -0.25) is 0 Å². The molecule has 0 unspecified atom stereocenters. The Morgan fingerprint density at radius 1 is 1.33 bits per heavy atom. The van der Waals surface area contributed by atoms with E-state index in [1.54, 1.807) is 12.3 Å². The number of anilines is 1. The van der Waals surface area contributed by atoms with Crippen LogP contribution in [0.4, 0.5) is 5.69 Å². The number of pyridine rings is 1. The molecule has 0 atom stereocenters. The van der Waals surface area contributed by atoms with Gasteiger partial charge in [-0.15, -0.1) is 0 Å². The number of rotatable bonds is 2. The number of benzene rings is 1. The van der Waals surface area contributed by atoms with Crippen LogP contribution in [0.2, 0.25) is 5.02 Å². The summed E-state index contributed by atoms with van der Waals surface area (Å²) in [5.41, 5.74) is 8.24. The number of aromatic nitrogens is 1. The third kappa shape index (κ3) is 2.32. The van der Waals surface area contributed by atoms with Gasteiger partial charge in [-0.25, -0.2) is 9.78 Å². The highest BCUT2D eigenvalue weighted by molar-refractivity contribution is 6.35. The molecule has 2 N–H and O–H groups in total. The Morgan fingerprint density at radius 3 is 2.90 bits per heavy atom. The first-order valence-corrected chi connectivity index (χ1v) is 6.50. The number of fused-ring (bicyclic) bond motifs is 1. The molecule has 3 aromatic rings. The molecule has 21 heavy (non-hydrogen) atoms. The van der Waals surface area contributed by atoms with Gasteiger partial charge in [0.25, 0.3) is 0 Å². The third-order valence-electron chi connectivity index (χ3n) is 3.11. The Bertz CT molecular complexity index is 842. The lowest BCUT2D eigenvalue weighted by molar-refractivity contribution is 0.0594. The van der Waals surface area contributed by atoms with Crippen LogP contribution in [0.15, 0.2) is 41.0 Å². The van der Waals surface area contributed by atoms with Crippen molar-refractivity contribution in [1.29, 1.82) is 0 Å². The predicted octanol–water partition coefficient (Wildman–Crippen LogP) is 3.52. The van der Waals surface area contributed by atoms with E-state index < -0.39 is 5.97 Å². The minimum Gasteiger partial charge on any atom is -0.464 e. The molecular formula is C15H11ClN2O3. The zero-order valence-corrected chi connectivity index (χ0v) is 11.8. The van der Waals surface area contributed by atoms with Crippen molar-refractivity contribution in [3.8, 4) is 11.3 Å². The number of nitrogens with zero attached hydrogens (tertiary/aromatic N) is 1. The SMILES string of the molecule is COC(=O)c1nc(-c2ccc3occc3c2)cc(N)c1Cl. The Kier molecular flexibility index (Phi) is 3.27. The third-order valence-corrected chi connectivity index (χ3v) is 3.51. The molecule has 0 aliphatic heterocycles. The van der Waals surface area contributed by atoms with Crippen molar-refractivity contribution in [3.05, 3.63) is 47.3 Å². The lowest BCUT2D eigenvalue weighted by Crippen LogP contribution is -2.08. The van der Waals surface area contributed by atoms with Gasteiger partial charge in [0.2, 0.25) is 0 Å². The minimum absolute atomic E-state index is 0.00135. The Morgan fingerprint density at radius 2 is 2.14 bits per heavy atom. The van der Waals surface area contributed by atoms with Gasteiger partial charge >= 0.3 is 5.97 Å². The number of methoxy groups -OCH3 is 1. The average molecular weight is 303 g/mol. The fourth-order valence-corrected chi connectivity index (χ4v) is 2.23. The molecule has 0 saturated heterocycles. The van der Waals surface area contributed by atoms with E-state index in [-0.39, 0.29) is 16.4 Å². The highest BCUT2D eigenvalue weighted by atomic mass is 35.5. The van der Waals surface area contributed by atoms with E-state index in [0.29, 0.717) is 5.69 Å². The quantitative estimate of drug-likeness (QED) is 0.733. The fourth-order valence-electron chi connectivity index (χ4n) is 2.05. The second-order valence-electron chi connectivity index (χ2n) is 4.42. The van der Waals surface area contributed by atoms with Gasteiger partial charge in [0.05, 0.1) is 29.8 Å². The Labute approximate surface area is 125 Å². The van der Waals surface area contributed by atoms with Crippen LogP contribution in [-0.2, 0) is 4.74 Å². The van der Waals surface area contributed by atoms with Crippen LogP contribution in [-0.4, -0.2) is 18.1 Å². The van der Waals surface area contributed by atoms with E-state index in [4.69, 9.17) is 21.8 Å². The van der Waals surface area contributed by atoms with Crippen molar-refractivity contribution in [2.75, 3.05) is 12.8 Å². The summed E-state index contributed by atoms with van der Waals surface area (Å²) in [6.45, 7) is 0. The van der Waals surface area contributed by atoms with Gasteiger partial charge < -0.3 is 14.9 Å². The van der Waals surface area contributed by atoms with Gasteiger partial charge in [0.15, 0.2) is 5.69 Å². The molecule has 3 rings (SSSR count). The largest absolute Gasteiger partial charge is 0.464 e. The summed E-state index contributed by atoms with van der Waals surface area (Å²) in [4.78, 5) is 15.9. The molecule has 1 aromatic carbocycles. The monoisotopic (exact) mass is 302 g/mol. The highest BCUT2D eigenvalue weighted by Gasteiger charge is 2.17. The molecule has 106 valence electrons. The summed E-state index contributed by atoms with van der Waals surface area (Å²) >= 11 is 6.00. The van der Waals surface area contributed by atoms with Crippen LogP contribution in [0, 0.1) is 0 Å². The number of ether oxygens (including phenoxy) is 1. The molecule has 0 aliphatic rings. The minimum atomic E-state index is -0.627. The summed E-state index contributed by atoms with van der Waals surface area (Å²) < 4.78 is 9.95. The van der Waals surface area contributed by atoms with E-state index in [1.807, 2.05) is 24.3 Å². The van der Waals surface area contributed by atoms with Gasteiger partial charge in [-0.2, -0.15) is 0 Å². The maximum atomic E-state index is 11.7. The standard InChI is InChI=1S/C15H11ClN2O3/c1-20-15(19)14-13(16)10(17)7-11(18-14)8-2-3-12-9(6-8)4-5-21-12/h2-7H,1H3,(H2,17,18). The Hall–Kier alpha value is -2.53. The zero-order chi connectivity index (χ0) is 15.0. The van der Waals surface area contributed by atoms with Crippen molar-refractivity contribution in [2.45, 2.75) is 0 Å². The van der Waals surface area contributed by atoms with Crippen LogP contribution >= 0.6 is 11.6 Å². The van der Waals surface area contributed by atoms with Gasteiger partial charge in [0, 0.05) is 10.9 Å². The van der Waals surface area contributed by atoms with E-state index in [9.17, 15) is 4.79 Å². The van der Waals surface area contributed by atoms with Crippen molar-refractivity contribution >= 4 is 34.2 Å². The predicted molar refractivity (Wildman–Crippen MR) is 80.2 cm³/mol. The number of esters is 1. The summed E-state index contributed by atoms with van der Waals surface area (Å²) in [6, 6.07) is 9.03. The van der Waals surface area contributed by atoms with Crippen LogP contribution in [0.1, 0.15) is 10.5 Å². The van der Waals surface area contributed by atoms with Gasteiger partial charge in [-0.1, -0.05) is 11.6 Å². The Balaban J connectivity index is 2.17.